The van der Waals surface area contributed by atoms with Crippen molar-refractivity contribution in [3.63, 3.8) is 0 Å². The van der Waals surface area contributed by atoms with E-state index in [1.807, 2.05) is 42.5 Å². The van der Waals surface area contributed by atoms with Gasteiger partial charge >= 0.3 is 5.97 Å². The quantitative estimate of drug-likeness (QED) is 0.123. The molecule has 0 unspecified atom stereocenters. The van der Waals surface area contributed by atoms with Gasteiger partial charge in [-0.25, -0.2) is 0 Å². The molecule has 3 aromatic rings. The highest BCUT2D eigenvalue weighted by atomic mass is 28.4. The average Bonchev–Trinajstić information content (AvgIpc) is 2.91. The molecule has 0 aliphatic heterocycles. The third kappa shape index (κ3) is 7.88. The molecule has 0 bridgehead atoms. The number of oxime groups is 1. The zero-order chi connectivity index (χ0) is 26.6. The summed E-state index contributed by atoms with van der Waals surface area (Å²) in [6.45, 7) is 9.23. The summed E-state index contributed by atoms with van der Waals surface area (Å²) in [5, 5.41) is 6.29. The van der Waals surface area contributed by atoms with Crippen molar-refractivity contribution in [2.45, 2.75) is 64.7 Å². The maximum atomic E-state index is 12.6. The summed E-state index contributed by atoms with van der Waals surface area (Å²) in [5.41, 5.74) is 1.01. The van der Waals surface area contributed by atoms with Crippen LogP contribution in [0.25, 0.3) is 0 Å². The number of ether oxygens (including phenoxy) is 1. The van der Waals surface area contributed by atoms with E-state index in [1.54, 1.807) is 6.21 Å². The van der Waals surface area contributed by atoms with Crippen LogP contribution in [-0.2, 0) is 25.4 Å². The van der Waals surface area contributed by atoms with E-state index < -0.39 is 14.4 Å². The third-order valence-corrected chi connectivity index (χ3v) is 11.3. The van der Waals surface area contributed by atoms with Gasteiger partial charge in [-0.1, -0.05) is 130 Å². The van der Waals surface area contributed by atoms with Crippen LogP contribution in [0.5, 0.6) is 0 Å². The summed E-state index contributed by atoms with van der Waals surface area (Å²) in [6.07, 6.45) is 2.95. The summed E-state index contributed by atoms with van der Waals surface area (Å²) in [7, 11) is -2.78. The highest BCUT2D eigenvalue weighted by molar-refractivity contribution is 6.99. The van der Waals surface area contributed by atoms with Crippen LogP contribution < -0.4 is 10.4 Å². The standard InChI is InChI=1S/C31H39NO4Si/c1-5-6-22-30(33)36-27(23-32-34-24-26-16-10-7-11-17-26)25-35-37(31(2,3)4,28-18-12-8-13-19-28)29-20-14-9-15-21-29/h7-21,23,27H,5-6,22,24-25H2,1-4H3/b32-23-/t27-/m0/s1. The minimum absolute atomic E-state index is 0.184. The highest BCUT2D eigenvalue weighted by Gasteiger charge is 2.50. The Balaban J connectivity index is 1.87. The molecule has 0 aromatic heterocycles. The Bertz CT molecular complexity index is 1060. The summed E-state index contributed by atoms with van der Waals surface area (Å²) in [4.78, 5) is 18.1. The molecule has 0 heterocycles. The highest BCUT2D eigenvalue weighted by Crippen LogP contribution is 2.36. The van der Waals surface area contributed by atoms with E-state index in [1.165, 1.54) is 10.4 Å². The number of carbonyl (C=O) groups is 1. The zero-order valence-corrected chi connectivity index (χ0v) is 23.4. The molecule has 196 valence electrons. The van der Waals surface area contributed by atoms with Crippen LogP contribution in [0.1, 0.15) is 52.5 Å². The minimum Gasteiger partial charge on any atom is -0.454 e. The molecule has 3 aromatic carbocycles. The van der Waals surface area contributed by atoms with Gasteiger partial charge in [0.1, 0.15) is 6.61 Å². The number of hydrogen-bond acceptors (Lipinski definition) is 5. The molecule has 6 heteroatoms. The van der Waals surface area contributed by atoms with Crippen molar-refractivity contribution in [2.24, 2.45) is 5.16 Å². The molecule has 0 spiro atoms. The fraction of sp³-hybridized carbons (Fsp3) is 0.355. The van der Waals surface area contributed by atoms with Crippen LogP contribution in [-0.4, -0.2) is 33.2 Å². The second-order valence-electron chi connectivity index (χ2n) is 10.1. The molecule has 5 nitrogen and oxygen atoms in total. The molecule has 0 aliphatic carbocycles. The lowest BCUT2D eigenvalue weighted by Crippen LogP contribution is -2.67. The van der Waals surface area contributed by atoms with Crippen LogP contribution in [0, 0.1) is 0 Å². The van der Waals surface area contributed by atoms with Crippen LogP contribution in [0.4, 0.5) is 0 Å². The second-order valence-corrected chi connectivity index (χ2v) is 14.4. The summed E-state index contributed by atoms with van der Waals surface area (Å²) >= 11 is 0. The van der Waals surface area contributed by atoms with Gasteiger partial charge in [0.25, 0.3) is 8.32 Å². The van der Waals surface area contributed by atoms with Crippen LogP contribution in [0.3, 0.4) is 0 Å². The molecule has 3 rings (SSSR count). The molecule has 1 atom stereocenters. The van der Waals surface area contributed by atoms with E-state index in [0.29, 0.717) is 13.0 Å². The lowest BCUT2D eigenvalue weighted by Gasteiger charge is -2.43. The fourth-order valence-electron chi connectivity index (χ4n) is 4.42. The van der Waals surface area contributed by atoms with Crippen molar-refractivity contribution in [3.05, 3.63) is 96.6 Å². The Kier molecular flexibility index (Phi) is 10.7. The Hall–Kier alpha value is -3.22. The number of unbranched alkanes of at least 4 members (excludes halogenated alkanes) is 1. The monoisotopic (exact) mass is 517 g/mol. The largest absolute Gasteiger partial charge is 0.454 e. The number of nitrogens with zero attached hydrogens (tertiary/aromatic N) is 1. The van der Waals surface area contributed by atoms with Gasteiger partial charge in [-0.2, -0.15) is 0 Å². The Morgan fingerprint density at radius 1 is 0.892 bits per heavy atom. The van der Waals surface area contributed by atoms with Crippen LogP contribution in [0.15, 0.2) is 96.2 Å². The predicted molar refractivity (Wildman–Crippen MR) is 153 cm³/mol. The smallest absolute Gasteiger partial charge is 0.306 e. The number of carbonyl (C=O) groups excluding carboxylic acids is 1. The van der Waals surface area contributed by atoms with Crippen LogP contribution in [0.2, 0.25) is 5.04 Å². The maximum absolute atomic E-state index is 12.6. The molecule has 0 aliphatic rings. The first-order valence-electron chi connectivity index (χ1n) is 13.0. The van der Waals surface area contributed by atoms with E-state index in [9.17, 15) is 4.79 Å². The first-order valence-corrected chi connectivity index (χ1v) is 14.9. The van der Waals surface area contributed by atoms with E-state index in [-0.39, 0.29) is 17.6 Å². The van der Waals surface area contributed by atoms with Crippen molar-refractivity contribution < 1.29 is 18.8 Å². The van der Waals surface area contributed by atoms with Gasteiger partial charge < -0.3 is 14.0 Å². The summed E-state index contributed by atoms with van der Waals surface area (Å²) in [5.74, 6) is -0.257. The first-order chi connectivity index (χ1) is 17.9. The van der Waals surface area contributed by atoms with Gasteiger partial charge in [0, 0.05) is 6.42 Å². The Morgan fingerprint density at radius 3 is 1.95 bits per heavy atom. The van der Waals surface area contributed by atoms with E-state index in [4.69, 9.17) is 14.0 Å². The number of rotatable bonds is 13. The fourth-order valence-corrected chi connectivity index (χ4v) is 8.99. The minimum atomic E-state index is -2.78. The molecule has 0 N–H and O–H groups in total. The molecule has 0 saturated carbocycles. The summed E-state index contributed by atoms with van der Waals surface area (Å²) in [6, 6.07) is 30.6. The van der Waals surface area contributed by atoms with Crippen molar-refractivity contribution in [1.29, 1.82) is 0 Å². The van der Waals surface area contributed by atoms with Gasteiger partial charge in [0.15, 0.2) is 6.10 Å². The lowest BCUT2D eigenvalue weighted by molar-refractivity contribution is -0.147. The molecular weight excluding hydrogens is 478 g/mol. The average molecular weight is 518 g/mol. The second kappa shape index (κ2) is 13.9. The normalized spacial score (nSPS) is 12.9. The predicted octanol–water partition coefficient (Wildman–Crippen LogP) is 5.87. The molecule has 0 saturated heterocycles. The van der Waals surface area contributed by atoms with Gasteiger partial charge in [0.2, 0.25) is 0 Å². The topological polar surface area (TPSA) is 57.1 Å². The lowest BCUT2D eigenvalue weighted by atomic mass is 10.2. The molecule has 37 heavy (non-hydrogen) atoms. The van der Waals surface area contributed by atoms with Crippen molar-refractivity contribution in [2.75, 3.05) is 6.61 Å². The van der Waals surface area contributed by atoms with Crippen LogP contribution >= 0.6 is 0 Å². The molecule has 0 amide bonds. The van der Waals surface area contributed by atoms with Crippen molar-refractivity contribution in [1.82, 2.24) is 0 Å². The van der Waals surface area contributed by atoms with Gasteiger partial charge in [-0.3, -0.25) is 4.79 Å². The van der Waals surface area contributed by atoms with E-state index >= 15 is 0 Å². The third-order valence-electron chi connectivity index (χ3n) is 6.27. The first kappa shape index (κ1) is 28.3. The summed E-state index contributed by atoms with van der Waals surface area (Å²) < 4.78 is 12.8. The molecular formula is C31H39NO4Si. The number of hydrogen-bond donors (Lipinski definition) is 0. The molecule has 0 radical (unpaired) electrons. The maximum Gasteiger partial charge on any atom is 0.306 e. The Labute approximate surface area is 222 Å². The molecule has 0 fully saturated rings. The SMILES string of the molecule is CCCCC(=O)O[C@@H](/C=N\OCc1ccccc1)CO[Si](c1ccccc1)(c1ccccc1)C(C)(C)C. The van der Waals surface area contributed by atoms with E-state index in [2.05, 4.69) is 81.4 Å². The van der Waals surface area contributed by atoms with Gasteiger partial charge in [0.05, 0.1) is 12.8 Å². The van der Waals surface area contributed by atoms with Crippen molar-refractivity contribution >= 4 is 30.9 Å². The Morgan fingerprint density at radius 2 is 1.43 bits per heavy atom. The number of esters is 1. The number of benzene rings is 3. The van der Waals surface area contributed by atoms with Gasteiger partial charge in [-0.05, 0) is 27.4 Å². The van der Waals surface area contributed by atoms with Gasteiger partial charge in [-0.15, -0.1) is 0 Å². The van der Waals surface area contributed by atoms with Crippen molar-refractivity contribution in [3.8, 4) is 0 Å². The zero-order valence-electron chi connectivity index (χ0n) is 22.4. The van der Waals surface area contributed by atoms with E-state index in [0.717, 1.165) is 18.4 Å².